The fraction of sp³-hybridized carbons (Fsp3) is 0.280. The predicted octanol–water partition coefficient (Wildman–Crippen LogP) is 3.23. The van der Waals surface area contributed by atoms with Gasteiger partial charge in [-0.25, -0.2) is 9.13 Å². The van der Waals surface area contributed by atoms with Crippen molar-refractivity contribution in [2.45, 2.75) is 6.54 Å². The van der Waals surface area contributed by atoms with Gasteiger partial charge in [-0.2, -0.15) is 12.6 Å². The van der Waals surface area contributed by atoms with Gasteiger partial charge in [0.2, 0.25) is 5.69 Å². The second-order valence-corrected chi connectivity index (χ2v) is 8.10. The largest absolute Gasteiger partial charge is 0.368 e. The maximum atomic E-state index is 4.30. The molecule has 0 N–H and O–H groups in total. The number of rotatable bonds is 6. The van der Waals surface area contributed by atoms with Crippen molar-refractivity contribution in [3.8, 4) is 0 Å². The normalized spacial score (nSPS) is 14.5. The van der Waals surface area contributed by atoms with E-state index < -0.39 is 0 Å². The number of anilines is 2. The van der Waals surface area contributed by atoms with E-state index in [0.29, 0.717) is 0 Å². The third kappa shape index (κ3) is 5.03. The molecular weight excluding hydrogens is 388 g/mol. The summed E-state index contributed by atoms with van der Waals surface area (Å²) in [6.45, 7) is 5.12. The quantitative estimate of drug-likeness (QED) is 0.488. The van der Waals surface area contributed by atoms with Crippen LogP contribution in [0.1, 0.15) is 11.3 Å². The van der Waals surface area contributed by atoms with Crippen LogP contribution in [0.5, 0.6) is 0 Å². The summed E-state index contributed by atoms with van der Waals surface area (Å²) < 4.78 is 4.30. The van der Waals surface area contributed by atoms with Crippen molar-refractivity contribution in [2.24, 2.45) is 7.05 Å². The Balaban J connectivity index is 1.34. The molecule has 0 bridgehead atoms. The van der Waals surface area contributed by atoms with Gasteiger partial charge in [0.15, 0.2) is 25.1 Å². The zero-order valence-corrected chi connectivity index (χ0v) is 18.5. The van der Waals surface area contributed by atoms with Crippen molar-refractivity contribution in [2.75, 3.05) is 41.7 Å². The van der Waals surface area contributed by atoms with Crippen LogP contribution < -0.4 is 18.9 Å². The summed E-state index contributed by atoms with van der Waals surface area (Å²) in [7, 11) is 2.07. The monoisotopic (exact) mass is 418 g/mol. The van der Waals surface area contributed by atoms with Crippen LogP contribution in [0.4, 0.5) is 11.4 Å². The number of aryl methyl sites for hydroxylation is 2. The van der Waals surface area contributed by atoms with E-state index in [2.05, 4.69) is 118 Å². The molecule has 1 aromatic carbocycles. The Bertz CT molecular complexity index is 975. The van der Waals surface area contributed by atoms with Crippen LogP contribution in [0.3, 0.4) is 0 Å². The molecule has 0 spiro atoms. The molecule has 1 fully saturated rings. The van der Waals surface area contributed by atoms with E-state index in [1.165, 1.54) is 22.6 Å². The highest BCUT2D eigenvalue weighted by Gasteiger charge is 2.18. The SMILES string of the molecule is C[n+]1ccccc1/C=C/c1ccc(N2CCN(c3cc[n+](CCS)cc3)CC2)cc1. The van der Waals surface area contributed by atoms with Gasteiger partial charge >= 0.3 is 0 Å². The van der Waals surface area contributed by atoms with Crippen LogP contribution in [-0.2, 0) is 13.6 Å². The van der Waals surface area contributed by atoms with Crippen LogP contribution >= 0.6 is 12.6 Å². The highest BCUT2D eigenvalue weighted by atomic mass is 32.1. The van der Waals surface area contributed by atoms with E-state index in [0.717, 1.165) is 38.5 Å². The second kappa shape index (κ2) is 9.81. The number of pyridine rings is 2. The molecule has 1 saturated heterocycles. The standard InChI is InChI=1S/C25H29N4S/c1-26-13-3-2-4-23(26)8-5-22-6-9-24(10-7-22)28-16-18-29(19-17-28)25-11-14-27(15-12-25)20-21-30/h2-15H,16-21H2,1H3/q+1/p+1. The Labute approximate surface area is 185 Å². The van der Waals surface area contributed by atoms with Crippen molar-refractivity contribution in [1.29, 1.82) is 0 Å². The van der Waals surface area contributed by atoms with E-state index in [-0.39, 0.29) is 0 Å². The third-order valence-electron chi connectivity index (χ3n) is 5.68. The summed E-state index contributed by atoms with van der Waals surface area (Å²) in [6.07, 6.45) is 10.7. The molecule has 0 saturated carbocycles. The van der Waals surface area contributed by atoms with E-state index in [1.807, 2.05) is 6.07 Å². The minimum absolute atomic E-state index is 0.863. The molecule has 0 aliphatic carbocycles. The molecule has 0 atom stereocenters. The van der Waals surface area contributed by atoms with Gasteiger partial charge in [0, 0.05) is 73.6 Å². The molecule has 30 heavy (non-hydrogen) atoms. The van der Waals surface area contributed by atoms with Crippen molar-refractivity contribution < 1.29 is 9.13 Å². The van der Waals surface area contributed by atoms with Gasteiger partial charge in [-0.05, 0) is 29.8 Å². The number of thiol groups is 1. The van der Waals surface area contributed by atoms with Crippen LogP contribution in [0.25, 0.3) is 12.2 Å². The molecule has 1 aliphatic heterocycles. The van der Waals surface area contributed by atoms with Gasteiger partial charge in [0.05, 0.1) is 0 Å². The minimum atomic E-state index is 0.863. The van der Waals surface area contributed by atoms with Gasteiger partial charge in [-0.3, -0.25) is 0 Å². The summed E-state index contributed by atoms with van der Waals surface area (Å²) in [4.78, 5) is 4.95. The molecule has 0 unspecified atom stereocenters. The van der Waals surface area contributed by atoms with E-state index in [9.17, 15) is 0 Å². The van der Waals surface area contributed by atoms with Crippen molar-refractivity contribution >= 4 is 36.2 Å². The average molecular weight is 419 g/mol. The summed E-state index contributed by atoms with van der Waals surface area (Å²) in [5.41, 5.74) is 5.02. The molecule has 0 amide bonds. The lowest BCUT2D eigenvalue weighted by Crippen LogP contribution is -2.46. The van der Waals surface area contributed by atoms with Crippen molar-refractivity contribution in [1.82, 2.24) is 0 Å². The topological polar surface area (TPSA) is 14.2 Å². The van der Waals surface area contributed by atoms with E-state index in [1.54, 1.807) is 0 Å². The minimum Gasteiger partial charge on any atom is -0.368 e. The van der Waals surface area contributed by atoms with Crippen LogP contribution in [-0.4, -0.2) is 31.9 Å². The average Bonchev–Trinajstić information content (AvgIpc) is 2.80. The van der Waals surface area contributed by atoms with Crippen molar-refractivity contribution in [3.05, 3.63) is 84.4 Å². The first-order valence-corrected chi connectivity index (χ1v) is 11.2. The molecule has 3 aromatic rings. The first-order chi connectivity index (χ1) is 14.7. The predicted molar refractivity (Wildman–Crippen MR) is 128 cm³/mol. The molecule has 0 radical (unpaired) electrons. The van der Waals surface area contributed by atoms with Gasteiger partial charge in [-0.1, -0.05) is 12.1 Å². The van der Waals surface area contributed by atoms with Crippen LogP contribution in [0.15, 0.2) is 73.2 Å². The Morgan fingerprint density at radius 3 is 2.03 bits per heavy atom. The Morgan fingerprint density at radius 1 is 0.800 bits per heavy atom. The molecule has 3 heterocycles. The molecular formula is C25H30N4S+2. The number of hydrogen-bond donors (Lipinski definition) is 1. The van der Waals surface area contributed by atoms with Gasteiger partial charge < -0.3 is 9.80 Å². The lowest BCUT2D eigenvalue weighted by molar-refractivity contribution is -0.692. The molecule has 154 valence electrons. The lowest BCUT2D eigenvalue weighted by Gasteiger charge is -2.37. The van der Waals surface area contributed by atoms with Gasteiger partial charge in [0.25, 0.3) is 0 Å². The van der Waals surface area contributed by atoms with Crippen LogP contribution in [0, 0.1) is 0 Å². The number of nitrogens with zero attached hydrogens (tertiary/aromatic N) is 4. The summed E-state index contributed by atoms with van der Waals surface area (Å²) in [5, 5.41) is 0. The number of hydrogen-bond acceptors (Lipinski definition) is 3. The van der Waals surface area contributed by atoms with E-state index >= 15 is 0 Å². The van der Waals surface area contributed by atoms with Gasteiger partial charge in [0.1, 0.15) is 7.05 Å². The molecule has 2 aromatic heterocycles. The first kappa shape index (κ1) is 20.5. The van der Waals surface area contributed by atoms with Gasteiger partial charge in [-0.15, -0.1) is 0 Å². The fourth-order valence-electron chi connectivity index (χ4n) is 3.84. The molecule has 5 heteroatoms. The number of piperazine rings is 1. The molecule has 4 rings (SSSR count). The first-order valence-electron chi connectivity index (χ1n) is 10.6. The summed E-state index contributed by atoms with van der Waals surface area (Å²) in [5.74, 6) is 0.863. The Kier molecular flexibility index (Phi) is 6.70. The highest BCUT2D eigenvalue weighted by molar-refractivity contribution is 7.80. The summed E-state index contributed by atoms with van der Waals surface area (Å²) in [6, 6.07) is 19.6. The molecule has 1 aliphatic rings. The summed E-state index contributed by atoms with van der Waals surface area (Å²) >= 11 is 4.30. The highest BCUT2D eigenvalue weighted by Crippen LogP contribution is 2.21. The molecule has 4 nitrogen and oxygen atoms in total. The van der Waals surface area contributed by atoms with Crippen LogP contribution in [0.2, 0.25) is 0 Å². The Morgan fingerprint density at radius 2 is 1.43 bits per heavy atom. The zero-order chi connectivity index (χ0) is 20.8. The third-order valence-corrected chi connectivity index (χ3v) is 5.88. The van der Waals surface area contributed by atoms with Crippen molar-refractivity contribution in [3.63, 3.8) is 0 Å². The number of benzene rings is 1. The second-order valence-electron chi connectivity index (χ2n) is 7.65. The maximum absolute atomic E-state index is 4.30. The maximum Gasteiger partial charge on any atom is 0.204 e. The fourth-order valence-corrected chi connectivity index (χ4v) is 4.07. The lowest BCUT2D eigenvalue weighted by atomic mass is 10.1. The number of aromatic nitrogens is 2. The Hall–Kier alpha value is -2.79. The van der Waals surface area contributed by atoms with E-state index in [4.69, 9.17) is 0 Å². The smallest absolute Gasteiger partial charge is 0.204 e. The zero-order valence-electron chi connectivity index (χ0n) is 17.6.